The molecule has 2 heterocycles. The first-order valence-corrected chi connectivity index (χ1v) is 5.91. The second-order valence-electron chi connectivity index (χ2n) is 4.00. The second kappa shape index (κ2) is 5.63. The Kier molecular flexibility index (Phi) is 3.93. The van der Waals surface area contributed by atoms with Crippen LogP contribution in [0.1, 0.15) is 30.8 Å². The Bertz CT molecular complexity index is 435. The average molecular weight is 234 g/mol. The zero-order chi connectivity index (χ0) is 12.1. The van der Waals surface area contributed by atoms with Gasteiger partial charge in [0.1, 0.15) is 12.2 Å². The Hall–Kier alpha value is -1.62. The summed E-state index contributed by atoms with van der Waals surface area (Å²) in [7, 11) is 1.94. The van der Waals surface area contributed by atoms with Gasteiger partial charge in [0.25, 0.3) is 0 Å². The molecule has 0 spiro atoms. The molecule has 1 unspecified atom stereocenters. The average Bonchev–Trinajstić information content (AvgIpc) is 2.97. The van der Waals surface area contributed by atoms with Gasteiger partial charge in [-0.1, -0.05) is 6.92 Å². The van der Waals surface area contributed by atoms with Crippen molar-refractivity contribution in [1.82, 2.24) is 20.1 Å². The van der Waals surface area contributed by atoms with Gasteiger partial charge in [-0.3, -0.25) is 4.68 Å². The Balaban J connectivity index is 2.10. The van der Waals surface area contributed by atoms with Gasteiger partial charge in [-0.05, 0) is 19.5 Å². The Morgan fingerprint density at radius 1 is 1.53 bits per heavy atom. The van der Waals surface area contributed by atoms with E-state index in [4.69, 9.17) is 4.42 Å². The third-order valence-corrected chi connectivity index (χ3v) is 2.81. The smallest absolute Gasteiger partial charge is 0.138 e. The molecule has 0 bridgehead atoms. The van der Waals surface area contributed by atoms with Crippen molar-refractivity contribution >= 4 is 0 Å². The molecule has 2 aromatic heterocycles. The van der Waals surface area contributed by atoms with Crippen molar-refractivity contribution in [3.63, 3.8) is 0 Å². The fourth-order valence-electron chi connectivity index (χ4n) is 1.89. The summed E-state index contributed by atoms with van der Waals surface area (Å²) in [5.74, 6) is 1.01. The van der Waals surface area contributed by atoms with Crippen molar-refractivity contribution in [3.8, 4) is 0 Å². The van der Waals surface area contributed by atoms with E-state index in [0.717, 1.165) is 30.8 Å². The van der Waals surface area contributed by atoms with Crippen LogP contribution in [0.25, 0.3) is 0 Å². The highest BCUT2D eigenvalue weighted by Crippen LogP contribution is 2.17. The largest absolute Gasteiger partial charge is 0.472 e. The lowest BCUT2D eigenvalue weighted by Crippen LogP contribution is -2.20. The van der Waals surface area contributed by atoms with E-state index in [0.29, 0.717) is 0 Å². The van der Waals surface area contributed by atoms with Gasteiger partial charge in [-0.25, -0.2) is 4.98 Å². The van der Waals surface area contributed by atoms with Gasteiger partial charge in [0, 0.05) is 24.6 Å². The minimum atomic E-state index is 0.216. The zero-order valence-electron chi connectivity index (χ0n) is 10.3. The molecule has 2 aromatic rings. The first-order valence-electron chi connectivity index (χ1n) is 5.91. The molecule has 92 valence electrons. The van der Waals surface area contributed by atoms with Crippen LogP contribution >= 0.6 is 0 Å². The molecule has 0 fully saturated rings. The molecule has 2 rings (SSSR count). The summed E-state index contributed by atoms with van der Waals surface area (Å²) in [6, 6.07) is 2.19. The first kappa shape index (κ1) is 11.9. The van der Waals surface area contributed by atoms with Gasteiger partial charge in [-0.2, -0.15) is 5.10 Å². The Morgan fingerprint density at radius 3 is 3.06 bits per heavy atom. The number of nitrogens with zero attached hydrogens (tertiary/aromatic N) is 3. The fraction of sp³-hybridized carbons (Fsp3) is 0.500. The lowest BCUT2D eigenvalue weighted by atomic mass is 10.1. The molecule has 5 heteroatoms. The molecule has 1 N–H and O–H groups in total. The maximum Gasteiger partial charge on any atom is 0.138 e. The van der Waals surface area contributed by atoms with Gasteiger partial charge in [0.05, 0.1) is 12.5 Å². The number of furan rings is 1. The third kappa shape index (κ3) is 2.74. The van der Waals surface area contributed by atoms with Crippen molar-refractivity contribution in [2.24, 2.45) is 0 Å². The van der Waals surface area contributed by atoms with Crippen LogP contribution in [0.4, 0.5) is 0 Å². The van der Waals surface area contributed by atoms with Crippen molar-refractivity contribution < 1.29 is 4.42 Å². The SMILES string of the molecule is CCCn1ncnc1CC(NC)c1ccoc1. The Morgan fingerprint density at radius 2 is 2.41 bits per heavy atom. The van der Waals surface area contributed by atoms with Gasteiger partial charge in [0.15, 0.2) is 0 Å². The Labute approximate surface area is 101 Å². The van der Waals surface area contributed by atoms with Crippen LogP contribution in [0.15, 0.2) is 29.3 Å². The number of likely N-dealkylation sites (N-methyl/N-ethyl adjacent to an activating group) is 1. The topological polar surface area (TPSA) is 55.9 Å². The minimum absolute atomic E-state index is 0.216. The number of aryl methyl sites for hydroxylation is 1. The second-order valence-corrected chi connectivity index (χ2v) is 4.00. The zero-order valence-corrected chi connectivity index (χ0v) is 10.3. The molecule has 0 radical (unpaired) electrons. The molecule has 0 saturated heterocycles. The molecule has 0 saturated carbocycles. The molecule has 0 amide bonds. The predicted octanol–water partition coefficient (Wildman–Crippen LogP) is 1.78. The number of hydrogen-bond acceptors (Lipinski definition) is 4. The lowest BCUT2D eigenvalue weighted by molar-refractivity contribution is 0.507. The molecular formula is C12H18N4O. The number of aromatic nitrogens is 3. The van der Waals surface area contributed by atoms with Gasteiger partial charge < -0.3 is 9.73 Å². The predicted molar refractivity (Wildman–Crippen MR) is 64.5 cm³/mol. The normalized spacial score (nSPS) is 12.8. The van der Waals surface area contributed by atoms with Crippen molar-refractivity contribution in [3.05, 3.63) is 36.3 Å². The van der Waals surface area contributed by atoms with E-state index < -0.39 is 0 Å². The van der Waals surface area contributed by atoms with Gasteiger partial charge >= 0.3 is 0 Å². The van der Waals surface area contributed by atoms with E-state index in [1.807, 2.05) is 17.8 Å². The van der Waals surface area contributed by atoms with Crippen LogP contribution in [0, 0.1) is 0 Å². The fourth-order valence-corrected chi connectivity index (χ4v) is 1.89. The molecule has 0 aliphatic rings. The number of rotatable bonds is 6. The molecular weight excluding hydrogens is 216 g/mol. The van der Waals surface area contributed by atoms with Crippen LogP contribution in [-0.4, -0.2) is 21.8 Å². The first-order chi connectivity index (χ1) is 8.35. The molecule has 0 aliphatic carbocycles. The van der Waals surface area contributed by atoms with E-state index in [2.05, 4.69) is 22.3 Å². The van der Waals surface area contributed by atoms with Crippen LogP contribution in [0.3, 0.4) is 0 Å². The van der Waals surface area contributed by atoms with E-state index >= 15 is 0 Å². The van der Waals surface area contributed by atoms with Crippen LogP contribution in [-0.2, 0) is 13.0 Å². The van der Waals surface area contributed by atoms with Gasteiger partial charge in [-0.15, -0.1) is 0 Å². The van der Waals surface area contributed by atoms with Gasteiger partial charge in [0.2, 0.25) is 0 Å². The van der Waals surface area contributed by atoms with E-state index in [-0.39, 0.29) is 6.04 Å². The van der Waals surface area contributed by atoms with Crippen LogP contribution in [0.5, 0.6) is 0 Å². The molecule has 0 aliphatic heterocycles. The number of nitrogens with one attached hydrogen (secondary N) is 1. The quantitative estimate of drug-likeness (QED) is 0.827. The maximum absolute atomic E-state index is 5.11. The van der Waals surface area contributed by atoms with Crippen molar-refractivity contribution in [2.45, 2.75) is 32.4 Å². The van der Waals surface area contributed by atoms with E-state index in [1.165, 1.54) is 0 Å². The standard InChI is InChI=1S/C12H18N4O/c1-3-5-16-12(14-9-15-16)7-11(13-2)10-4-6-17-8-10/h4,6,8-9,11,13H,3,5,7H2,1-2H3. The van der Waals surface area contributed by atoms with Crippen LogP contribution in [0.2, 0.25) is 0 Å². The molecule has 17 heavy (non-hydrogen) atoms. The highest BCUT2D eigenvalue weighted by Gasteiger charge is 2.14. The lowest BCUT2D eigenvalue weighted by Gasteiger charge is -2.14. The summed E-state index contributed by atoms with van der Waals surface area (Å²) in [5.41, 5.74) is 1.14. The maximum atomic E-state index is 5.11. The summed E-state index contributed by atoms with van der Waals surface area (Å²) >= 11 is 0. The molecule has 0 aromatic carbocycles. The van der Waals surface area contributed by atoms with Crippen molar-refractivity contribution in [1.29, 1.82) is 0 Å². The highest BCUT2D eigenvalue weighted by molar-refractivity contribution is 5.13. The summed E-state index contributed by atoms with van der Waals surface area (Å²) in [5, 5.41) is 7.50. The minimum Gasteiger partial charge on any atom is -0.472 e. The third-order valence-electron chi connectivity index (χ3n) is 2.81. The summed E-state index contributed by atoms with van der Waals surface area (Å²) in [6.45, 7) is 3.05. The monoisotopic (exact) mass is 234 g/mol. The summed E-state index contributed by atoms with van der Waals surface area (Å²) in [4.78, 5) is 4.31. The highest BCUT2D eigenvalue weighted by atomic mass is 16.3. The van der Waals surface area contributed by atoms with E-state index in [9.17, 15) is 0 Å². The molecule has 1 atom stereocenters. The number of hydrogen-bond donors (Lipinski definition) is 1. The van der Waals surface area contributed by atoms with Crippen LogP contribution < -0.4 is 5.32 Å². The van der Waals surface area contributed by atoms with Crippen molar-refractivity contribution in [2.75, 3.05) is 7.05 Å². The van der Waals surface area contributed by atoms with E-state index in [1.54, 1.807) is 18.9 Å². The summed E-state index contributed by atoms with van der Waals surface area (Å²) < 4.78 is 7.07. The molecule has 5 nitrogen and oxygen atoms in total. The summed E-state index contributed by atoms with van der Waals surface area (Å²) in [6.07, 6.45) is 6.95.